The lowest BCUT2D eigenvalue weighted by atomic mass is 9.95. The van der Waals surface area contributed by atoms with Crippen molar-refractivity contribution in [3.05, 3.63) is 42.0 Å². The Morgan fingerprint density at radius 1 is 1.33 bits per heavy atom. The third-order valence-electron chi connectivity index (χ3n) is 3.52. The van der Waals surface area contributed by atoms with Crippen LogP contribution in [0.25, 0.3) is 6.08 Å². The fraction of sp³-hybridized carbons (Fsp3) is 0.438. The van der Waals surface area contributed by atoms with Gasteiger partial charge in [-0.1, -0.05) is 56.2 Å². The van der Waals surface area contributed by atoms with E-state index in [4.69, 9.17) is 0 Å². The van der Waals surface area contributed by atoms with Crippen LogP contribution < -0.4 is 5.32 Å². The summed E-state index contributed by atoms with van der Waals surface area (Å²) in [5.41, 5.74) is 2.12. The van der Waals surface area contributed by atoms with Crippen LogP contribution in [-0.4, -0.2) is 11.9 Å². The maximum absolute atomic E-state index is 11.9. The Morgan fingerprint density at radius 2 is 2.11 bits per heavy atom. The number of nitrogens with one attached hydrogen (secondary N) is 1. The fourth-order valence-electron chi connectivity index (χ4n) is 2.54. The third-order valence-corrected chi connectivity index (χ3v) is 3.52. The molecule has 1 fully saturated rings. The molecule has 18 heavy (non-hydrogen) atoms. The quantitative estimate of drug-likeness (QED) is 0.863. The van der Waals surface area contributed by atoms with Crippen molar-refractivity contribution in [2.75, 3.05) is 0 Å². The monoisotopic (exact) mass is 243 g/mol. The predicted molar refractivity (Wildman–Crippen MR) is 75.3 cm³/mol. The molecule has 96 valence electrons. The van der Waals surface area contributed by atoms with E-state index in [2.05, 4.69) is 11.9 Å². The minimum absolute atomic E-state index is 0.142. The highest BCUT2D eigenvalue weighted by atomic mass is 16.1. The molecule has 0 radical (unpaired) electrons. The highest BCUT2D eigenvalue weighted by Gasteiger charge is 2.15. The number of hydrogen-bond acceptors (Lipinski definition) is 1. The summed E-state index contributed by atoms with van der Waals surface area (Å²) in [5.74, 6) is 0.142. The summed E-state index contributed by atoms with van der Waals surface area (Å²) in [6.45, 7) is 3.74. The van der Waals surface area contributed by atoms with Crippen molar-refractivity contribution in [1.29, 1.82) is 0 Å². The van der Waals surface area contributed by atoms with Gasteiger partial charge in [-0.3, -0.25) is 4.79 Å². The van der Waals surface area contributed by atoms with E-state index >= 15 is 0 Å². The molecule has 0 atom stereocenters. The zero-order chi connectivity index (χ0) is 12.8. The van der Waals surface area contributed by atoms with Crippen LogP contribution in [0, 0.1) is 0 Å². The Kier molecular flexibility index (Phi) is 4.57. The van der Waals surface area contributed by atoms with Crippen molar-refractivity contribution in [2.45, 2.75) is 44.6 Å². The molecular weight excluding hydrogens is 222 g/mol. The first kappa shape index (κ1) is 12.9. The van der Waals surface area contributed by atoms with Crippen LogP contribution in [0.2, 0.25) is 0 Å². The Balaban J connectivity index is 1.87. The topological polar surface area (TPSA) is 29.1 Å². The SMILES string of the molecule is C=Cc1cccc(CC(=O)NC2CCCCC2)c1. The summed E-state index contributed by atoms with van der Waals surface area (Å²) < 4.78 is 0. The lowest BCUT2D eigenvalue weighted by molar-refractivity contribution is -0.121. The molecule has 0 heterocycles. The van der Waals surface area contributed by atoms with Crippen molar-refractivity contribution < 1.29 is 4.79 Å². The zero-order valence-electron chi connectivity index (χ0n) is 10.8. The van der Waals surface area contributed by atoms with Gasteiger partial charge in [-0.25, -0.2) is 0 Å². The van der Waals surface area contributed by atoms with Gasteiger partial charge in [0.15, 0.2) is 0 Å². The summed E-state index contributed by atoms with van der Waals surface area (Å²) >= 11 is 0. The van der Waals surface area contributed by atoms with Crippen LogP contribution >= 0.6 is 0 Å². The maximum atomic E-state index is 11.9. The first-order valence-electron chi connectivity index (χ1n) is 6.78. The summed E-state index contributed by atoms with van der Waals surface area (Å²) in [6.07, 6.45) is 8.36. The minimum atomic E-state index is 0.142. The second-order valence-electron chi connectivity index (χ2n) is 5.03. The summed E-state index contributed by atoms with van der Waals surface area (Å²) in [6, 6.07) is 8.38. The Hall–Kier alpha value is -1.57. The zero-order valence-corrected chi connectivity index (χ0v) is 10.8. The van der Waals surface area contributed by atoms with Crippen LogP contribution in [0.15, 0.2) is 30.8 Å². The smallest absolute Gasteiger partial charge is 0.224 e. The molecule has 0 unspecified atom stereocenters. The van der Waals surface area contributed by atoms with Gasteiger partial charge in [0, 0.05) is 6.04 Å². The summed E-state index contributed by atoms with van der Waals surface area (Å²) in [4.78, 5) is 11.9. The molecule has 2 heteroatoms. The van der Waals surface area contributed by atoms with Gasteiger partial charge in [0.1, 0.15) is 0 Å². The molecule has 0 aliphatic heterocycles. The summed E-state index contributed by atoms with van der Waals surface area (Å²) in [7, 11) is 0. The summed E-state index contributed by atoms with van der Waals surface area (Å²) in [5, 5.41) is 3.14. The highest BCUT2D eigenvalue weighted by Crippen LogP contribution is 2.17. The molecule has 0 saturated heterocycles. The van der Waals surface area contributed by atoms with Gasteiger partial charge < -0.3 is 5.32 Å². The minimum Gasteiger partial charge on any atom is -0.353 e. The number of benzene rings is 1. The van der Waals surface area contributed by atoms with Crippen LogP contribution in [-0.2, 0) is 11.2 Å². The van der Waals surface area contributed by atoms with Crippen LogP contribution in [0.5, 0.6) is 0 Å². The maximum Gasteiger partial charge on any atom is 0.224 e. The van der Waals surface area contributed by atoms with Gasteiger partial charge in [0.05, 0.1) is 6.42 Å². The van der Waals surface area contributed by atoms with E-state index in [1.807, 2.05) is 30.3 Å². The molecule has 0 spiro atoms. The second-order valence-corrected chi connectivity index (χ2v) is 5.03. The molecule has 1 amide bonds. The standard InChI is InChI=1S/C16H21NO/c1-2-13-7-6-8-14(11-13)12-16(18)17-15-9-4-3-5-10-15/h2,6-8,11,15H,1,3-5,9-10,12H2,(H,17,18). The highest BCUT2D eigenvalue weighted by molar-refractivity contribution is 5.79. The van der Waals surface area contributed by atoms with E-state index in [9.17, 15) is 4.79 Å². The Labute approximate surface area is 109 Å². The normalized spacial score (nSPS) is 16.2. The van der Waals surface area contributed by atoms with Gasteiger partial charge >= 0.3 is 0 Å². The van der Waals surface area contributed by atoms with Gasteiger partial charge in [-0.2, -0.15) is 0 Å². The Bertz CT molecular complexity index is 419. The third kappa shape index (κ3) is 3.73. The fourth-order valence-corrected chi connectivity index (χ4v) is 2.54. The molecule has 1 aliphatic rings. The van der Waals surface area contributed by atoms with Crippen LogP contribution in [0.4, 0.5) is 0 Å². The van der Waals surface area contributed by atoms with Crippen LogP contribution in [0.1, 0.15) is 43.2 Å². The largest absolute Gasteiger partial charge is 0.353 e. The van der Waals surface area contributed by atoms with E-state index in [0.717, 1.165) is 24.0 Å². The first-order chi connectivity index (χ1) is 8.78. The molecule has 0 aromatic heterocycles. The second kappa shape index (κ2) is 6.39. The average Bonchev–Trinajstić information content (AvgIpc) is 2.40. The van der Waals surface area contributed by atoms with Crippen molar-refractivity contribution in [1.82, 2.24) is 5.32 Å². The van der Waals surface area contributed by atoms with Crippen LogP contribution in [0.3, 0.4) is 0 Å². The van der Waals surface area contributed by atoms with Crippen molar-refractivity contribution in [3.63, 3.8) is 0 Å². The van der Waals surface area contributed by atoms with Crippen molar-refractivity contribution >= 4 is 12.0 Å². The lowest BCUT2D eigenvalue weighted by Gasteiger charge is -2.22. The van der Waals surface area contributed by atoms with E-state index in [0.29, 0.717) is 12.5 Å². The molecule has 1 aliphatic carbocycles. The van der Waals surface area contributed by atoms with E-state index < -0.39 is 0 Å². The molecule has 1 saturated carbocycles. The van der Waals surface area contributed by atoms with Gasteiger partial charge in [0.25, 0.3) is 0 Å². The molecular formula is C16H21NO. The number of amides is 1. The predicted octanol–water partition coefficient (Wildman–Crippen LogP) is 3.32. The average molecular weight is 243 g/mol. The first-order valence-corrected chi connectivity index (χ1v) is 6.78. The lowest BCUT2D eigenvalue weighted by Crippen LogP contribution is -2.37. The Morgan fingerprint density at radius 3 is 2.83 bits per heavy atom. The number of rotatable bonds is 4. The van der Waals surface area contributed by atoms with Gasteiger partial charge in [0.2, 0.25) is 5.91 Å². The number of hydrogen-bond donors (Lipinski definition) is 1. The molecule has 0 bridgehead atoms. The van der Waals surface area contributed by atoms with Gasteiger partial charge in [-0.15, -0.1) is 0 Å². The number of carbonyl (C=O) groups is 1. The van der Waals surface area contributed by atoms with E-state index in [1.165, 1.54) is 19.3 Å². The van der Waals surface area contributed by atoms with Gasteiger partial charge in [-0.05, 0) is 24.0 Å². The van der Waals surface area contributed by atoms with E-state index in [-0.39, 0.29) is 5.91 Å². The number of carbonyl (C=O) groups excluding carboxylic acids is 1. The molecule has 1 N–H and O–H groups in total. The van der Waals surface area contributed by atoms with Crippen molar-refractivity contribution in [3.8, 4) is 0 Å². The van der Waals surface area contributed by atoms with E-state index in [1.54, 1.807) is 0 Å². The molecule has 2 nitrogen and oxygen atoms in total. The van der Waals surface area contributed by atoms with Crippen molar-refractivity contribution in [2.24, 2.45) is 0 Å². The molecule has 2 rings (SSSR count). The molecule has 1 aromatic carbocycles. The molecule has 1 aromatic rings.